The maximum absolute atomic E-state index is 7.33. The Morgan fingerprint density at radius 2 is 3.12 bits per heavy atom. The van der Waals surface area contributed by atoms with E-state index in [1.54, 1.807) is 0 Å². The zero-order valence-corrected chi connectivity index (χ0v) is 6.08. The molecule has 0 unspecified atom stereocenters. The first-order valence-electron chi connectivity index (χ1n) is 4.46. The molecule has 0 N–H and O–H groups in total. The van der Waals surface area contributed by atoms with Gasteiger partial charge in [-0.2, -0.15) is 5.10 Å². The molecular formula is C5H7IN2. The van der Waals surface area contributed by atoms with Gasteiger partial charge in [0.15, 0.2) is 0 Å². The molecule has 0 radical (unpaired) electrons. The number of aromatic nitrogens is 2. The molecule has 1 aromatic rings. The molecule has 0 aliphatic carbocycles. The Morgan fingerprint density at radius 1 is 2.25 bits per heavy atom. The van der Waals surface area contributed by atoms with Crippen molar-refractivity contribution in [3.63, 3.8) is 0 Å². The van der Waals surface area contributed by atoms with Crippen LogP contribution >= 0.6 is 22.6 Å². The molecule has 1 heterocycles. The van der Waals surface area contributed by atoms with E-state index in [9.17, 15) is 0 Å². The smallest absolute Gasteiger partial charge is 0.0623 e. The number of rotatable bonds is 1. The summed E-state index contributed by atoms with van der Waals surface area (Å²) in [4.78, 5) is 0. The highest BCUT2D eigenvalue weighted by molar-refractivity contribution is 14.1. The lowest BCUT2D eigenvalue weighted by molar-refractivity contribution is 0.659. The molecule has 0 saturated carbocycles. The van der Waals surface area contributed by atoms with Crippen LogP contribution in [0.25, 0.3) is 0 Å². The molecule has 0 fully saturated rings. The van der Waals surface area contributed by atoms with Gasteiger partial charge in [0.2, 0.25) is 0 Å². The summed E-state index contributed by atoms with van der Waals surface area (Å²) < 4.78 is 37.1. The molecule has 1 aromatic heterocycles. The molecule has 44 valence electrons. The summed E-state index contributed by atoms with van der Waals surface area (Å²) in [6.07, 6.45) is 2.76. The number of halogens is 1. The number of aryl methyl sites for hydroxylation is 1. The van der Waals surface area contributed by atoms with Gasteiger partial charge in [-0.15, -0.1) is 0 Å². The molecule has 8 heavy (non-hydrogen) atoms. The lowest BCUT2D eigenvalue weighted by Gasteiger charge is -1.88. The summed E-state index contributed by atoms with van der Waals surface area (Å²) in [6, 6.07) is 0. The SMILES string of the molecule is [2H]C([2H])([2H])C([2H])([2H])n1cc(I)cn1. The van der Waals surface area contributed by atoms with Crippen molar-refractivity contribution in [1.82, 2.24) is 9.78 Å². The van der Waals surface area contributed by atoms with Crippen LogP contribution in [-0.2, 0) is 6.50 Å². The van der Waals surface area contributed by atoms with Gasteiger partial charge in [0.05, 0.1) is 12.5 Å². The van der Waals surface area contributed by atoms with E-state index >= 15 is 0 Å². The molecule has 2 nitrogen and oxygen atoms in total. The van der Waals surface area contributed by atoms with E-state index in [0.717, 1.165) is 4.68 Å². The second-order valence-corrected chi connectivity index (χ2v) is 2.46. The normalized spacial score (nSPS) is 22.4. The van der Waals surface area contributed by atoms with Crippen LogP contribution in [0.3, 0.4) is 0 Å². The fraction of sp³-hybridized carbons (Fsp3) is 0.400. The second kappa shape index (κ2) is 2.48. The highest BCUT2D eigenvalue weighted by Gasteiger charge is 1.87. The maximum atomic E-state index is 7.33. The third kappa shape index (κ3) is 1.21. The summed E-state index contributed by atoms with van der Waals surface area (Å²) in [5, 5.41) is 3.63. The lowest BCUT2D eigenvalue weighted by atomic mass is 10.7. The number of hydrogen-bond donors (Lipinski definition) is 0. The Hall–Kier alpha value is -0.0600. The van der Waals surface area contributed by atoms with Gasteiger partial charge in [-0.05, 0) is 29.4 Å². The fourth-order valence-corrected chi connectivity index (χ4v) is 0.750. The maximum Gasteiger partial charge on any atom is 0.0623 e. The molecule has 0 aliphatic heterocycles. The molecule has 0 atom stereocenters. The first-order chi connectivity index (χ1) is 5.75. The Balaban J connectivity index is 3.07. The fourth-order valence-electron chi connectivity index (χ4n) is 0.362. The summed E-state index contributed by atoms with van der Waals surface area (Å²) in [5.41, 5.74) is 0. The van der Waals surface area contributed by atoms with Gasteiger partial charge < -0.3 is 0 Å². The van der Waals surface area contributed by atoms with Crippen molar-refractivity contribution in [1.29, 1.82) is 0 Å². The highest BCUT2D eigenvalue weighted by Crippen LogP contribution is 1.99. The Kier molecular flexibility index (Phi) is 0.708. The predicted octanol–water partition coefficient (Wildman–Crippen LogP) is 1.51. The molecule has 0 bridgehead atoms. The zero-order valence-electron chi connectivity index (χ0n) is 8.93. The van der Waals surface area contributed by atoms with Gasteiger partial charge in [0.25, 0.3) is 0 Å². The minimum atomic E-state index is -2.71. The van der Waals surface area contributed by atoms with Crippen molar-refractivity contribution in [2.24, 2.45) is 0 Å². The van der Waals surface area contributed by atoms with Crippen LogP contribution in [-0.4, -0.2) is 9.78 Å². The van der Waals surface area contributed by atoms with Gasteiger partial charge in [-0.3, -0.25) is 4.68 Å². The quantitative estimate of drug-likeness (QED) is 0.665. The van der Waals surface area contributed by atoms with Gasteiger partial charge in [0, 0.05) is 16.8 Å². The topological polar surface area (TPSA) is 17.8 Å². The van der Waals surface area contributed by atoms with E-state index < -0.39 is 13.3 Å². The molecule has 1 rings (SSSR count). The summed E-state index contributed by atoms with van der Waals surface area (Å²) in [7, 11) is 0. The van der Waals surface area contributed by atoms with E-state index in [4.69, 9.17) is 6.85 Å². The van der Waals surface area contributed by atoms with Crippen LogP contribution in [0.4, 0.5) is 0 Å². The van der Waals surface area contributed by atoms with Crippen LogP contribution in [0.1, 0.15) is 13.7 Å². The van der Waals surface area contributed by atoms with E-state index in [-0.39, 0.29) is 0 Å². The largest absolute Gasteiger partial charge is 0.272 e. The minimum Gasteiger partial charge on any atom is -0.272 e. The lowest BCUT2D eigenvalue weighted by Crippen LogP contribution is -1.91. The van der Waals surface area contributed by atoms with E-state index in [0.29, 0.717) is 3.57 Å². The van der Waals surface area contributed by atoms with Crippen molar-refractivity contribution < 1.29 is 6.85 Å². The Labute approximate surface area is 69.1 Å². The third-order valence-corrected chi connectivity index (χ3v) is 1.22. The van der Waals surface area contributed by atoms with Crippen LogP contribution in [0, 0.1) is 3.57 Å². The van der Waals surface area contributed by atoms with Crippen molar-refractivity contribution >= 4 is 22.6 Å². The highest BCUT2D eigenvalue weighted by atomic mass is 127. The average Bonchev–Trinajstić information content (AvgIpc) is 2.33. The van der Waals surface area contributed by atoms with Crippen LogP contribution < -0.4 is 0 Å². The summed E-state index contributed by atoms with van der Waals surface area (Å²) in [6.45, 7) is -5.15. The van der Waals surface area contributed by atoms with Gasteiger partial charge >= 0.3 is 0 Å². The second-order valence-electron chi connectivity index (χ2n) is 1.21. The van der Waals surface area contributed by atoms with E-state index in [2.05, 4.69) is 5.10 Å². The first kappa shape index (κ1) is 2.28. The number of hydrogen-bond acceptors (Lipinski definition) is 1. The van der Waals surface area contributed by atoms with Crippen LogP contribution in [0.5, 0.6) is 0 Å². The monoisotopic (exact) mass is 227 g/mol. The molecule has 0 saturated heterocycles. The van der Waals surface area contributed by atoms with E-state index in [1.165, 1.54) is 12.4 Å². The third-order valence-electron chi connectivity index (χ3n) is 0.666. The van der Waals surface area contributed by atoms with Crippen molar-refractivity contribution in [2.75, 3.05) is 0 Å². The zero-order chi connectivity index (χ0) is 10.3. The average molecular weight is 227 g/mol. The van der Waals surface area contributed by atoms with Gasteiger partial charge in [0.1, 0.15) is 0 Å². The van der Waals surface area contributed by atoms with Crippen molar-refractivity contribution in [3.8, 4) is 0 Å². The summed E-state index contributed by atoms with van der Waals surface area (Å²) in [5.74, 6) is 0. The molecule has 0 spiro atoms. The summed E-state index contributed by atoms with van der Waals surface area (Å²) >= 11 is 1.94. The molecule has 3 heteroatoms. The van der Waals surface area contributed by atoms with Crippen LogP contribution in [0.15, 0.2) is 12.4 Å². The molecular weight excluding hydrogens is 215 g/mol. The molecule has 0 aliphatic rings. The Bertz CT molecular complexity index is 304. The van der Waals surface area contributed by atoms with Crippen molar-refractivity contribution in [3.05, 3.63) is 16.0 Å². The first-order valence-corrected chi connectivity index (χ1v) is 3.04. The van der Waals surface area contributed by atoms with Gasteiger partial charge in [-0.25, -0.2) is 0 Å². The Morgan fingerprint density at radius 3 is 3.62 bits per heavy atom. The van der Waals surface area contributed by atoms with E-state index in [1.807, 2.05) is 22.6 Å². The minimum absolute atomic E-state index is 0.700. The molecule has 0 aromatic carbocycles. The van der Waals surface area contributed by atoms with Crippen molar-refractivity contribution in [2.45, 2.75) is 13.3 Å². The predicted molar refractivity (Wildman–Crippen MR) is 40.6 cm³/mol. The van der Waals surface area contributed by atoms with Gasteiger partial charge in [-0.1, -0.05) is 0 Å². The number of nitrogens with zero attached hydrogens (tertiary/aromatic N) is 2. The van der Waals surface area contributed by atoms with Crippen LogP contribution in [0.2, 0.25) is 0 Å². The molecule has 0 amide bonds. The standard InChI is InChI=1S/C5H7IN2/c1-2-8-4-5(6)3-7-8/h3-4H,2H2,1H3/i1D3,2D2.